The molecule has 0 atom stereocenters. The minimum Gasteiger partial charge on any atom is -0.300 e. The van der Waals surface area contributed by atoms with Crippen LogP contribution in [-0.4, -0.2) is 41.9 Å². The number of thiophene rings is 1. The number of carbonyl (C=O) groups is 1. The lowest BCUT2D eigenvalue weighted by molar-refractivity contribution is -0.116. The number of thioether (sulfide) groups is 1. The molecule has 0 radical (unpaired) electrons. The first kappa shape index (κ1) is 23.9. The fourth-order valence-corrected chi connectivity index (χ4v) is 6.83. The first-order valence-electron chi connectivity index (χ1n) is 9.80. The van der Waals surface area contributed by atoms with Crippen molar-refractivity contribution in [2.24, 2.45) is 0 Å². The molecule has 0 unspecified atom stereocenters. The van der Waals surface area contributed by atoms with Crippen molar-refractivity contribution in [3.05, 3.63) is 52.2 Å². The van der Waals surface area contributed by atoms with E-state index in [9.17, 15) is 13.2 Å². The Morgan fingerprint density at radius 2 is 1.87 bits per heavy atom. The quantitative estimate of drug-likeness (QED) is 0.311. The van der Waals surface area contributed by atoms with Gasteiger partial charge in [-0.25, -0.2) is 8.42 Å². The molecule has 0 aliphatic carbocycles. The number of benzene rings is 1. The van der Waals surface area contributed by atoms with E-state index in [1.54, 1.807) is 47.4 Å². The van der Waals surface area contributed by atoms with Gasteiger partial charge in [-0.05, 0) is 35.6 Å². The predicted molar refractivity (Wildman–Crippen MR) is 127 cm³/mol. The van der Waals surface area contributed by atoms with Gasteiger partial charge in [0, 0.05) is 30.1 Å². The van der Waals surface area contributed by atoms with E-state index in [4.69, 9.17) is 0 Å². The molecule has 11 heteroatoms. The molecule has 3 aromatic rings. The maximum atomic E-state index is 12.5. The van der Waals surface area contributed by atoms with Gasteiger partial charge in [-0.2, -0.15) is 4.31 Å². The summed E-state index contributed by atoms with van der Waals surface area (Å²) < 4.78 is 27.3. The molecule has 0 saturated carbocycles. The zero-order valence-corrected chi connectivity index (χ0v) is 20.5. The summed E-state index contributed by atoms with van der Waals surface area (Å²) in [5.41, 5.74) is 0.901. The van der Waals surface area contributed by atoms with Crippen LogP contribution in [0.2, 0.25) is 0 Å². The number of hydrogen-bond acceptors (Lipinski definition) is 8. The normalized spacial score (nSPS) is 11.7. The summed E-state index contributed by atoms with van der Waals surface area (Å²) in [4.78, 5) is 13.8. The summed E-state index contributed by atoms with van der Waals surface area (Å²) in [5.74, 6) is 0.686. The molecule has 31 heavy (non-hydrogen) atoms. The Bertz CT molecular complexity index is 1080. The van der Waals surface area contributed by atoms with Gasteiger partial charge in [0.25, 0.3) is 0 Å². The molecule has 0 spiro atoms. The number of hydrogen-bond donors (Lipinski definition) is 1. The van der Waals surface area contributed by atoms with Crippen molar-refractivity contribution < 1.29 is 13.2 Å². The Morgan fingerprint density at radius 3 is 2.52 bits per heavy atom. The third-order valence-corrected chi connectivity index (χ3v) is 9.62. The fourth-order valence-electron chi connectivity index (χ4n) is 2.83. The van der Waals surface area contributed by atoms with Crippen molar-refractivity contribution >= 4 is 55.5 Å². The lowest BCUT2D eigenvalue weighted by atomic mass is 10.1. The summed E-state index contributed by atoms with van der Waals surface area (Å²) in [6.45, 7) is 4.50. The lowest BCUT2D eigenvalue weighted by Gasteiger charge is -2.18. The summed E-state index contributed by atoms with van der Waals surface area (Å²) in [6, 6.07) is 10.8. The zero-order valence-electron chi connectivity index (χ0n) is 17.3. The van der Waals surface area contributed by atoms with Crippen molar-refractivity contribution in [1.82, 2.24) is 14.5 Å². The second-order valence-electron chi connectivity index (χ2n) is 6.52. The largest absolute Gasteiger partial charge is 0.300 e. The highest BCUT2D eigenvalue weighted by molar-refractivity contribution is 8.00. The van der Waals surface area contributed by atoms with E-state index in [0.29, 0.717) is 24.6 Å². The van der Waals surface area contributed by atoms with Crippen molar-refractivity contribution in [2.75, 3.05) is 18.4 Å². The van der Waals surface area contributed by atoms with E-state index < -0.39 is 10.0 Å². The smallest absolute Gasteiger partial charge is 0.243 e. The lowest BCUT2D eigenvalue weighted by Crippen LogP contribution is -2.30. The van der Waals surface area contributed by atoms with Gasteiger partial charge in [0.2, 0.25) is 21.1 Å². The summed E-state index contributed by atoms with van der Waals surface area (Å²) in [7, 11) is -3.47. The molecule has 1 N–H and O–H groups in total. The van der Waals surface area contributed by atoms with Crippen LogP contribution in [0.4, 0.5) is 5.13 Å². The maximum absolute atomic E-state index is 12.5. The number of aromatic nitrogens is 2. The molecule has 0 fully saturated rings. The van der Waals surface area contributed by atoms with E-state index in [1.165, 1.54) is 20.5 Å². The molecule has 1 aromatic carbocycles. The van der Waals surface area contributed by atoms with Gasteiger partial charge in [-0.3, -0.25) is 4.79 Å². The molecule has 0 aliphatic rings. The summed E-state index contributed by atoms with van der Waals surface area (Å²) >= 11 is 4.65. The van der Waals surface area contributed by atoms with Gasteiger partial charge in [0.1, 0.15) is 0 Å². The van der Waals surface area contributed by atoms with Crippen LogP contribution in [0.15, 0.2) is 51.0 Å². The second-order valence-corrected chi connectivity index (χ2v) is 11.7. The van der Waals surface area contributed by atoms with E-state index >= 15 is 0 Å². The molecule has 166 valence electrons. The molecular formula is C20H24N4O3S4. The van der Waals surface area contributed by atoms with Crippen LogP contribution in [0, 0.1) is 0 Å². The number of nitrogens with zero attached hydrogens (tertiary/aromatic N) is 3. The Morgan fingerprint density at radius 1 is 1.13 bits per heavy atom. The molecule has 1 amide bonds. The van der Waals surface area contributed by atoms with Crippen LogP contribution in [0.1, 0.15) is 30.7 Å². The van der Waals surface area contributed by atoms with Gasteiger partial charge < -0.3 is 5.32 Å². The molecular weight excluding hydrogens is 473 g/mol. The van der Waals surface area contributed by atoms with Gasteiger partial charge in [-0.1, -0.05) is 55.1 Å². The topological polar surface area (TPSA) is 92.3 Å². The Balaban J connectivity index is 1.48. The van der Waals surface area contributed by atoms with Gasteiger partial charge >= 0.3 is 0 Å². The molecule has 0 bridgehead atoms. The van der Waals surface area contributed by atoms with Crippen LogP contribution < -0.4 is 5.32 Å². The highest BCUT2D eigenvalue weighted by Gasteiger charge is 2.21. The van der Waals surface area contributed by atoms with Crippen molar-refractivity contribution in [1.29, 1.82) is 0 Å². The summed E-state index contributed by atoms with van der Waals surface area (Å²) in [6.07, 6.45) is 0.787. The van der Waals surface area contributed by atoms with Crippen molar-refractivity contribution in [3.63, 3.8) is 0 Å². The second kappa shape index (κ2) is 11.2. The highest BCUT2D eigenvalue weighted by Crippen LogP contribution is 2.29. The van der Waals surface area contributed by atoms with E-state index in [-0.39, 0.29) is 17.2 Å². The molecule has 2 heterocycles. The molecule has 0 aliphatic heterocycles. The number of amides is 1. The van der Waals surface area contributed by atoms with E-state index in [0.717, 1.165) is 15.7 Å². The first-order valence-corrected chi connectivity index (χ1v) is 13.9. The van der Waals surface area contributed by atoms with E-state index in [2.05, 4.69) is 21.6 Å². The molecule has 7 nitrogen and oxygen atoms in total. The third-order valence-electron chi connectivity index (χ3n) is 4.48. The standard InChI is InChI=1S/C20H24N4O3S4/c1-3-24(4-2)31(26,27)17-10-7-15(8-11-17)9-12-18(25)21-19-22-23-20(30-19)29-14-16-6-5-13-28-16/h5-8,10-11,13H,3-4,9,12,14H2,1-2H3,(H,21,22,25). The summed E-state index contributed by atoms with van der Waals surface area (Å²) in [5, 5.41) is 13.4. The number of sulfonamides is 1. The average Bonchev–Trinajstić information content (AvgIpc) is 3.44. The Labute approximate surface area is 195 Å². The van der Waals surface area contributed by atoms with Crippen LogP contribution in [0.5, 0.6) is 0 Å². The van der Waals surface area contributed by atoms with Crippen LogP contribution in [0.25, 0.3) is 0 Å². The van der Waals surface area contributed by atoms with Crippen LogP contribution in [-0.2, 0) is 27.0 Å². The molecule has 0 saturated heterocycles. The minimum absolute atomic E-state index is 0.147. The van der Waals surface area contributed by atoms with Gasteiger partial charge in [0.15, 0.2) is 4.34 Å². The minimum atomic E-state index is -3.47. The number of anilines is 1. The highest BCUT2D eigenvalue weighted by atomic mass is 32.2. The molecule has 3 rings (SSSR count). The zero-order chi connectivity index (χ0) is 22.3. The van der Waals surface area contributed by atoms with E-state index in [1.807, 2.05) is 25.3 Å². The van der Waals surface area contributed by atoms with Crippen LogP contribution >= 0.6 is 34.4 Å². The third kappa shape index (κ3) is 6.59. The van der Waals surface area contributed by atoms with Crippen molar-refractivity contribution in [2.45, 2.75) is 41.7 Å². The van der Waals surface area contributed by atoms with Gasteiger partial charge in [0.05, 0.1) is 4.90 Å². The number of nitrogens with one attached hydrogen (secondary N) is 1. The van der Waals surface area contributed by atoms with Gasteiger partial charge in [-0.15, -0.1) is 21.5 Å². The fraction of sp³-hybridized carbons (Fsp3) is 0.350. The maximum Gasteiger partial charge on any atom is 0.243 e. The Hall–Kier alpha value is -1.79. The van der Waals surface area contributed by atoms with Crippen molar-refractivity contribution in [3.8, 4) is 0 Å². The predicted octanol–water partition coefficient (Wildman–Crippen LogP) is 4.49. The molecule has 2 aromatic heterocycles. The first-order chi connectivity index (χ1) is 14.9. The number of carbonyl (C=O) groups excluding carboxylic acids is 1. The SMILES string of the molecule is CCN(CC)S(=O)(=O)c1ccc(CCC(=O)Nc2nnc(SCc3cccs3)s2)cc1. The van der Waals surface area contributed by atoms with Crippen LogP contribution in [0.3, 0.4) is 0 Å². The number of aryl methyl sites for hydroxylation is 1. The number of rotatable bonds is 11. The Kier molecular flexibility index (Phi) is 8.61. The average molecular weight is 497 g/mol. The monoisotopic (exact) mass is 496 g/mol.